The van der Waals surface area contributed by atoms with E-state index in [-0.39, 0.29) is 0 Å². The summed E-state index contributed by atoms with van der Waals surface area (Å²) < 4.78 is 0. The van der Waals surface area contributed by atoms with E-state index in [9.17, 15) is 0 Å². The minimum atomic E-state index is 0.364. The molecule has 0 heterocycles. The van der Waals surface area contributed by atoms with E-state index in [1.54, 1.807) is 5.70 Å². The normalized spacial score (nSPS) is 35.2. The molecule has 5 unspecified atom stereocenters. The third-order valence-corrected chi connectivity index (χ3v) is 6.02. The second-order valence-electron chi connectivity index (χ2n) is 7.61. The van der Waals surface area contributed by atoms with Gasteiger partial charge in [-0.1, -0.05) is 43.2 Å². The molecule has 3 aliphatic rings. The average molecular weight is 293 g/mol. The summed E-state index contributed by atoms with van der Waals surface area (Å²) in [6.07, 6.45) is 18.0. The highest BCUT2D eigenvalue weighted by Gasteiger charge is 2.36. The molecule has 22 heavy (non-hydrogen) atoms. The zero-order chi connectivity index (χ0) is 15.5. The van der Waals surface area contributed by atoms with Crippen molar-refractivity contribution in [2.45, 2.75) is 82.5 Å². The topological polar surface area (TPSA) is 3.24 Å². The first-order chi connectivity index (χ1) is 10.7. The average Bonchev–Trinajstić information content (AvgIpc) is 2.50. The molecule has 0 bridgehead atoms. The minimum Gasteiger partial charge on any atom is -0.366 e. The van der Waals surface area contributed by atoms with Crippen LogP contribution in [0.4, 0.5) is 0 Å². The molecular formula is C19H29B2N. The van der Waals surface area contributed by atoms with Gasteiger partial charge in [0, 0.05) is 17.8 Å². The molecule has 1 saturated carbocycles. The van der Waals surface area contributed by atoms with E-state index < -0.39 is 0 Å². The first-order valence-corrected chi connectivity index (χ1v) is 9.30. The van der Waals surface area contributed by atoms with Crippen molar-refractivity contribution >= 4 is 15.7 Å². The van der Waals surface area contributed by atoms with Crippen molar-refractivity contribution < 1.29 is 0 Å². The molecule has 0 spiro atoms. The zero-order valence-electron chi connectivity index (χ0n) is 14.1. The summed E-state index contributed by atoms with van der Waals surface area (Å²) in [4.78, 5) is 2.71. The molecule has 116 valence electrons. The van der Waals surface area contributed by atoms with Crippen LogP contribution in [0.5, 0.6) is 0 Å². The van der Waals surface area contributed by atoms with E-state index in [4.69, 9.17) is 15.7 Å². The Balaban J connectivity index is 1.75. The molecule has 0 aromatic carbocycles. The molecule has 5 atom stereocenters. The summed E-state index contributed by atoms with van der Waals surface area (Å²) >= 11 is 0. The summed E-state index contributed by atoms with van der Waals surface area (Å²) in [5.74, 6) is 2.18. The molecular weight excluding hydrogens is 264 g/mol. The van der Waals surface area contributed by atoms with Gasteiger partial charge in [0.15, 0.2) is 0 Å². The van der Waals surface area contributed by atoms with E-state index in [0.29, 0.717) is 17.9 Å². The molecule has 3 heteroatoms. The summed E-state index contributed by atoms with van der Waals surface area (Å²) in [5.41, 5.74) is 1.54. The maximum Gasteiger partial charge on any atom is 0.0703 e. The molecule has 0 aromatic rings. The summed E-state index contributed by atoms with van der Waals surface area (Å²) in [7, 11) is 11.8. The van der Waals surface area contributed by atoms with Crippen molar-refractivity contribution in [1.82, 2.24) is 4.90 Å². The summed E-state index contributed by atoms with van der Waals surface area (Å²) in [6, 6.07) is 1.17. The second-order valence-corrected chi connectivity index (χ2v) is 7.61. The van der Waals surface area contributed by atoms with Crippen LogP contribution in [-0.4, -0.2) is 32.7 Å². The lowest BCUT2D eigenvalue weighted by Gasteiger charge is -2.47. The number of rotatable bonds is 6. The molecule has 0 amide bonds. The first kappa shape index (κ1) is 16.3. The maximum atomic E-state index is 6.09. The third kappa shape index (κ3) is 3.49. The number of nitrogens with zero attached hydrogens (tertiary/aromatic N) is 1. The molecule has 1 fully saturated rings. The fourth-order valence-electron chi connectivity index (χ4n) is 4.46. The Labute approximate surface area is 139 Å². The van der Waals surface area contributed by atoms with Crippen LogP contribution in [0.1, 0.15) is 58.3 Å². The van der Waals surface area contributed by atoms with Crippen LogP contribution in [0.15, 0.2) is 23.9 Å². The molecule has 4 radical (unpaired) electrons. The Morgan fingerprint density at radius 1 is 1.27 bits per heavy atom. The van der Waals surface area contributed by atoms with Crippen LogP contribution in [-0.2, 0) is 0 Å². The zero-order valence-corrected chi connectivity index (χ0v) is 14.1. The van der Waals surface area contributed by atoms with Crippen LogP contribution in [0.25, 0.3) is 0 Å². The Morgan fingerprint density at radius 2 is 2.14 bits per heavy atom. The van der Waals surface area contributed by atoms with E-state index in [0.717, 1.165) is 43.8 Å². The molecule has 0 aliphatic heterocycles. The van der Waals surface area contributed by atoms with Crippen molar-refractivity contribution in [1.29, 1.82) is 0 Å². The SMILES string of the molecule is [B]CCCC(C)N(C1=CCC([B])CC1)C1C=CC2CCC2C1. The molecule has 0 N–H and O–H groups in total. The number of hydrogen-bond donors (Lipinski definition) is 0. The number of fused-ring (bicyclic) bond motifs is 1. The van der Waals surface area contributed by atoms with Gasteiger partial charge in [0.25, 0.3) is 0 Å². The Hall–Kier alpha value is -0.590. The van der Waals surface area contributed by atoms with Crippen LogP contribution < -0.4 is 0 Å². The monoisotopic (exact) mass is 293 g/mol. The predicted octanol–water partition coefficient (Wildman–Crippen LogP) is 4.42. The van der Waals surface area contributed by atoms with Gasteiger partial charge in [-0.2, -0.15) is 0 Å². The van der Waals surface area contributed by atoms with Gasteiger partial charge >= 0.3 is 0 Å². The second kappa shape index (κ2) is 7.32. The fraction of sp³-hybridized carbons (Fsp3) is 0.789. The van der Waals surface area contributed by atoms with Crippen molar-refractivity contribution in [2.24, 2.45) is 11.8 Å². The quantitative estimate of drug-likeness (QED) is 0.517. The molecule has 1 nitrogen and oxygen atoms in total. The van der Waals surface area contributed by atoms with Gasteiger partial charge < -0.3 is 4.90 Å². The van der Waals surface area contributed by atoms with Crippen molar-refractivity contribution in [3.63, 3.8) is 0 Å². The van der Waals surface area contributed by atoms with Gasteiger partial charge in [0.2, 0.25) is 0 Å². The number of allylic oxidation sites excluding steroid dienone is 3. The molecule has 0 saturated heterocycles. The highest BCUT2D eigenvalue weighted by atomic mass is 15.2. The van der Waals surface area contributed by atoms with Crippen molar-refractivity contribution in [3.8, 4) is 0 Å². The van der Waals surface area contributed by atoms with Crippen molar-refractivity contribution in [3.05, 3.63) is 23.9 Å². The van der Waals surface area contributed by atoms with Gasteiger partial charge in [0.1, 0.15) is 0 Å². The van der Waals surface area contributed by atoms with E-state index in [1.165, 1.54) is 25.7 Å². The Morgan fingerprint density at radius 3 is 2.73 bits per heavy atom. The van der Waals surface area contributed by atoms with Gasteiger partial charge in [-0.15, -0.1) is 0 Å². The lowest BCUT2D eigenvalue weighted by molar-refractivity contribution is 0.118. The molecule has 3 aliphatic carbocycles. The first-order valence-electron chi connectivity index (χ1n) is 9.30. The lowest BCUT2D eigenvalue weighted by Crippen LogP contribution is -2.45. The standard InChI is InChI=1S/C19H29B2N/c1-14(3-2-12-20)22(18-10-7-17(21)8-11-18)19-9-6-15-4-5-16(15)13-19/h6,9-10,14-17,19H,2-5,7-8,11-13H2,1H3. The smallest absolute Gasteiger partial charge is 0.0703 e. The number of hydrogen-bond acceptors (Lipinski definition) is 1. The summed E-state index contributed by atoms with van der Waals surface area (Å²) in [6.45, 7) is 2.38. The van der Waals surface area contributed by atoms with Crippen LogP contribution in [0.3, 0.4) is 0 Å². The third-order valence-electron chi connectivity index (χ3n) is 6.02. The van der Waals surface area contributed by atoms with E-state index in [1.807, 2.05) is 0 Å². The van der Waals surface area contributed by atoms with Gasteiger partial charge in [0.05, 0.1) is 15.7 Å². The highest BCUT2D eigenvalue weighted by Crippen LogP contribution is 2.44. The predicted molar refractivity (Wildman–Crippen MR) is 96.3 cm³/mol. The largest absolute Gasteiger partial charge is 0.366 e. The van der Waals surface area contributed by atoms with E-state index >= 15 is 0 Å². The fourth-order valence-corrected chi connectivity index (χ4v) is 4.46. The summed E-state index contributed by atoms with van der Waals surface area (Å²) in [5, 5.41) is 0. The van der Waals surface area contributed by atoms with Gasteiger partial charge in [-0.05, 0) is 57.3 Å². The maximum absolute atomic E-state index is 6.09. The van der Waals surface area contributed by atoms with Crippen LogP contribution in [0, 0.1) is 11.8 Å². The van der Waals surface area contributed by atoms with E-state index in [2.05, 4.69) is 30.1 Å². The lowest BCUT2D eigenvalue weighted by atomic mass is 9.67. The van der Waals surface area contributed by atoms with Crippen LogP contribution >= 0.6 is 0 Å². The van der Waals surface area contributed by atoms with Crippen LogP contribution in [0.2, 0.25) is 12.1 Å². The minimum absolute atomic E-state index is 0.364. The molecule has 3 rings (SSSR count). The van der Waals surface area contributed by atoms with Gasteiger partial charge in [-0.25, -0.2) is 0 Å². The molecule has 0 aromatic heterocycles. The van der Waals surface area contributed by atoms with Gasteiger partial charge in [-0.3, -0.25) is 0 Å². The highest BCUT2D eigenvalue weighted by molar-refractivity contribution is 6.11. The Kier molecular flexibility index (Phi) is 5.42. The Bertz CT molecular complexity index is 431. The van der Waals surface area contributed by atoms with Crippen molar-refractivity contribution in [2.75, 3.05) is 0 Å².